The van der Waals surface area contributed by atoms with E-state index in [0.29, 0.717) is 11.6 Å². The molecule has 2 aromatic heterocycles. The third kappa shape index (κ3) is 1.92. The lowest BCUT2D eigenvalue weighted by atomic mass is 10.2. The summed E-state index contributed by atoms with van der Waals surface area (Å²) in [5.74, 6) is -0.0359. The highest BCUT2D eigenvalue weighted by atomic mass is 16.2. The first-order chi connectivity index (χ1) is 8.65. The molecular weight excluding hydrogens is 230 g/mol. The monoisotopic (exact) mass is 245 g/mol. The van der Waals surface area contributed by atoms with Crippen LogP contribution in [0.1, 0.15) is 29.2 Å². The molecule has 0 atom stereocenters. The van der Waals surface area contributed by atoms with Gasteiger partial charge in [-0.25, -0.2) is 4.79 Å². The molecule has 0 N–H and O–H groups in total. The zero-order valence-electron chi connectivity index (χ0n) is 10.2. The average Bonchev–Trinajstić information content (AvgIpc) is 2.99. The van der Waals surface area contributed by atoms with Crippen LogP contribution in [0, 0.1) is 0 Å². The second kappa shape index (κ2) is 4.01. The van der Waals surface area contributed by atoms with Crippen LogP contribution < -0.4 is 5.69 Å². The molecule has 5 nitrogen and oxygen atoms in total. The van der Waals surface area contributed by atoms with Crippen molar-refractivity contribution in [3.8, 4) is 0 Å². The number of rotatable bonds is 4. The SMILES string of the molecule is Cn1ccc(C(=O)Cn2ccn(C3CC3)c2=O)c1. The van der Waals surface area contributed by atoms with Crippen molar-refractivity contribution in [1.82, 2.24) is 13.7 Å². The third-order valence-corrected chi connectivity index (χ3v) is 3.28. The van der Waals surface area contributed by atoms with Gasteiger partial charge in [0, 0.05) is 43.4 Å². The van der Waals surface area contributed by atoms with E-state index >= 15 is 0 Å². The Morgan fingerprint density at radius 3 is 2.72 bits per heavy atom. The van der Waals surface area contributed by atoms with Crippen molar-refractivity contribution in [3.05, 3.63) is 46.9 Å². The van der Waals surface area contributed by atoms with Gasteiger partial charge in [0.05, 0.1) is 6.54 Å². The Balaban J connectivity index is 1.80. The van der Waals surface area contributed by atoms with Gasteiger partial charge < -0.3 is 4.57 Å². The van der Waals surface area contributed by atoms with Crippen LogP contribution in [0.25, 0.3) is 0 Å². The molecule has 3 rings (SSSR count). The van der Waals surface area contributed by atoms with Gasteiger partial charge >= 0.3 is 5.69 Å². The molecule has 0 spiro atoms. The third-order valence-electron chi connectivity index (χ3n) is 3.28. The van der Waals surface area contributed by atoms with Crippen molar-refractivity contribution < 1.29 is 4.79 Å². The standard InChI is InChI=1S/C13H15N3O2/c1-14-5-4-10(8-14)12(17)9-15-6-7-16(13(15)18)11-2-3-11/h4-8,11H,2-3,9H2,1H3. The van der Waals surface area contributed by atoms with Gasteiger partial charge in [0.1, 0.15) is 0 Å². The highest BCUT2D eigenvalue weighted by Crippen LogP contribution is 2.33. The van der Waals surface area contributed by atoms with Crippen molar-refractivity contribution in [3.63, 3.8) is 0 Å². The summed E-state index contributed by atoms with van der Waals surface area (Å²) in [7, 11) is 1.87. The molecule has 1 aliphatic rings. The van der Waals surface area contributed by atoms with Crippen molar-refractivity contribution >= 4 is 5.78 Å². The van der Waals surface area contributed by atoms with Crippen LogP contribution in [0.5, 0.6) is 0 Å². The maximum atomic E-state index is 12.0. The van der Waals surface area contributed by atoms with Crippen LogP contribution in [-0.4, -0.2) is 19.5 Å². The minimum Gasteiger partial charge on any atom is -0.357 e. The number of hydrogen-bond acceptors (Lipinski definition) is 2. The summed E-state index contributed by atoms with van der Waals surface area (Å²) < 4.78 is 5.03. The van der Waals surface area contributed by atoms with E-state index in [0.717, 1.165) is 12.8 Å². The fourth-order valence-electron chi connectivity index (χ4n) is 2.09. The number of hydrogen-bond donors (Lipinski definition) is 0. The molecule has 0 bridgehead atoms. The van der Waals surface area contributed by atoms with Gasteiger partial charge in [0.25, 0.3) is 0 Å². The maximum absolute atomic E-state index is 12.0. The summed E-state index contributed by atoms with van der Waals surface area (Å²) >= 11 is 0. The summed E-state index contributed by atoms with van der Waals surface area (Å²) in [4.78, 5) is 24.0. The molecule has 0 amide bonds. The quantitative estimate of drug-likeness (QED) is 0.760. The lowest BCUT2D eigenvalue weighted by Gasteiger charge is -1.99. The van der Waals surface area contributed by atoms with Crippen molar-refractivity contribution in [1.29, 1.82) is 0 Å². The number of Topliss-reactive ketones (excluding diaryl/α,β-unsaturated/α-hetero) is 1. The minimum absolute atomic E-state index is 0.0359. The van der Waals surface area contributed by atoms with Crippen LogP contribution in [-0.2, 0) is 13.6 Å². The molecule has 0 aliphatic heterocycles. The van der Waals surface area contributed by atoms with Gasteiger partial charge in [0.2, 0.25) is 0 Å². The first-order valence-corrected chi connectivity index (χ1v) is 6.07. The second-order valence-electron chi connectivity index (χ2n) is 4.84. The fourth-order valence-corrected chi connectivity index (χ4v) is 2.09. The Bertz CT molecular complexity index is 643. The van der Waals surface area contributed by atoms with Gasteiger partial charge in [-0.2, -0.15) is 0 Å². The topological polar surface area (TPSA) is 48.9 Å². The van der Waals surface area contributed by atoms with E-state index in [1.165, 1.54) is 4.57 Å². The highest BCUT2D eigenvalue weighted by molar-refractivity contribution is 5.95. The Hall–Kier alpha value is -2.04. The Morgan fingerprint density at radius 1 is 1.33 bits per heavy atom. The van der Waals surface area contributed by atoms with Crippen LogP contribution in [0.15, 0.2) is 35.6 Å². The molecule has 1 saturated carbocycles. The van der Waals surface area contributed by atoms with E-state index in [-0.39, 0.29) is 18.0 Å². The van der Waals surface area contributed by atoms with E-state index < -0.39 is 0 Å². The number of imidazole rings is 1. The molecule has 5 heteroatoms. The molecule has 0 radical (unpaired) electrons. The predicted molar refractivity (Wildman–Crippen MR) is 66.7 cm³/mol. The highest BCUT2D eigenvalue weighted by Gasteiger charge is 2.25. The second-order valence-corrected chi connectivity index (χ2v) is 4.84. The number of nitrogens with zero attached hydrogens (tertiary/aromatic N) is 3. The van der Waals surface area contributed by atoms with E-state index in [1.807, 2.05) is 17.8 Å². The van der Waals surface area contributed by atoms with E-state index in [4.69, 9.17) is 0 Å². The molecule has 1 aliphatic carbocycles. The van der Waals surface area contributed by atoms with Crippen LogP contribution in [0.2, 0.25) is 0 Å². The van der Waals surface area contributed by atoms with Gasteiger partial charge in [-0.1, -0.05) is 0 Å². The Morgan fingerprint density at radius 2 is 2.11 bits per heavy atom. The van der Waals surface area contributed by atoms with E-state index in [2.05, 4.69) is 0 Å². The molecule has 2 heterocycles. The first kappa shape index (κ1) is 11.1. The fraction of sp³-hybridized carbons (Fsp3) is 0.385. The average molecular weight is 245 g/mol. The predicted octanol–water partition coefficient (Wildman–Crippen LogP) is 1.21. The number of aromatic nitrogens is 3. The number of ketones is 1. The lowest BCUT2D eigenvalue weighted by molar-refractivity contribution is 0.0970. The van der Waals surface area contributed by atoms with Crippen LogP contribution in [0.3, 0.4) is 0 Å². The number of carbonyl (C=O) groups is 1. The molecule has 18 heavy (non-hydrogen) atoms. The molecular formula is C13H15N3O2. The first-order valence-electron chi connectivity index (χ1n) is 6.07. The van der Waals surface area contributed by atoms with Crippen molar-refractivity contribution in [2.24, 2.45) is 7.05 Å². The summed E-state index contributed by atoms with van der Waals surface area (Å²) in [6.45, 7) is 0.114. The number of aryl methyl sites for hydroxylation is 1. The molecule has 0 saturated heterocycles. The van der Waals surface area contributed by atoms with Gasteiger partial charge in [0.15, 0.2) is 5.78 Å². The molecule has 2 aromatic rings. The zero-order valence-corrected chi connectivity index (χ0v) is 10.2. The zero-order chi connectivity index (χ0) is 12.7. The van der Waals surface area contributed by atoms with E-state index in [1.54, 1.807) is 29.2 Å². The summed E-state index contributed by atoms with van der Waals surface area (Å²) in [5.41, 5.74) is 0.561. The van der Waals surface area contributed by atoms with Gasteiger partial charge in [-0.15, -0.1) is 0 Å². The minimum atomic E-state index is -0.0817. The molecule has 1 fully saturated rings. The normalized spacial score (nSPS) is 14.9. The molecule has 0 aromatic carbocycles. The molecule has 0 unspecified atom stereocenters. The number of carbonyl (C=O) groups excluding carboxylic acids is 1. The van der Waals surface area contributed by atoms with Gasteiger partial charge in [-0.3, -0.25) is 13.9 Å². The Labute approximate surface area is 104 Å². The lowest BCUT2D eigenvalue weighted by Crippen LogP contribution is -2.26. The summed E-state index contributed by atoms with van der Waals surface area (Å²) in [5, 5.41) is 0. The van der Waals surface area contributed by atoms with Crippen molar-refractivity contribution in [2.45, 2.75) is 25.4 Å². The van der Waals surface area contributed by atoms with Crippen LogP contribution >= 0.6 is 0 Å². The van der Waals surface area contributed by atoms with E-state index in [9.17, 15) is 9.59 Å². The van der Waals surface area contributed by atoms with Crippen LogP contribution in [0.4, 0.5) is 0 Å². The molecule has 94 valence electrons. The maximum Gasteiger partial charge on any atom is 0.328 e. The van der Waals surface area contributed by atoms with Crippen molar-refractivity contribution in [2.75, 3.05) is 0 Å². The van der Waals surface area contributed by atoms with Gasteiger partial charge in [-0.05, 0) is 18.9 Å². The Kier molecular flexibility index (Phi) is 2.47. The summed E-state index contributed by atoms with van der Waals surface area (Å²) in [6, 6.07) is 2.12. The largest absolute Gasteiger partial charge is 0.357 e. The smallest absolute Gasteiger partial charge is 0.328 e. The summed E-state index contributed by atoms with van der Waals surface area (Å²) in [6.07, 6.45) is 9.20.